The van der Waals surface area contributed by atoms with Gasteiger partial charge >= 0.3 is 0 Å². The molecule has 0 spiro atoms. The molecule has 1 heterocycles. The Morgan fingerprint density at radius 1 is 1.36 bits per heavy atom. The summed E-state index contributed by atoms with van der Waals surface area (Å²) in [5.41, 5.74) is 2.77. The smallest absolute Gasteiger partial charge is 0.125 e. The van der Waals surface area contributed by atoms with Gasteiger partial charge in [-0.05, 0) is 24.6 Å². The first-order valence-electron chi connectivity index (χ1n) is 4.25. The van der Waals surface area contributed by atoms with Gasteiger partial charge in [0.1, 0.15) is 5.82 Å². The van der Waals surface area contributed by atoms with Crippen LogP contribution >= 0.6 is 0 Å². The molecule has 0 atom stereocenters. The van der Waals surface area contributed by atoms with Crippen molar-refractivity contribution in [2.75, 3.05) is 0 Å². The Labute approximate surface area is 81.1 Å². The molecule has 0 saturated carbocycles. The maximum absolute atomic E-state index is 12.9. The van der Waals surface area contributed by atoms with E-state index in [1.54, 1.807) is 12.3 Å². The van der Waals surface area contributed by atoms with E-state index < -0.39 is 0 Å². The molecule has 1 aromatic carbocycles. The number of fused-ring (bicyclic) bond motifs is 1. The second-order valence-corrected chi connectivity index (χ2v) is 3.17. The summed E-state index contributed by atoms with van der Waals surface area (Å²) in [6.45, 7) is 5.60. The van der Waals surface area contributed by atoms with Crippen LogP contribution in [0.2, 0.25) is 0 Å². The molecular weight excluding hydrogens is 179 g/mol. The molecule has 3 heteroatoms. The van der Waals surface area contributed by atoms with E-state index in [1.807, 2.05) is 6.92 Å². The average molecular weight is 188 g/mol. The van der Waals surface area contributed by atoms with E-state index in [0.29, 0.717) is 16.7 Å². The van der Waals surface area contributed by atoms with Crippen LogP contribution in [0.4, 0.5) is 4.39 Å². The zero-order chi connectivity index (χ0) is 10.1. The zero-order valence-corrected chi connectivity index (χ0v) is 7.79. The van der Waals surface area contributed by atoms with E-state index >= 15 is 0 Å². The van der Waals surface area contributed by atoms with Crippen molar-refractivity contribution in [3.8, 4) is 0 Å². The first-order chi connectivity index (χ1) is 6.66. The van der Waals surface area contributed by atoms with Gasteiger partial charge in [-0.1, -0.05) is 6.58 Å². The number of halogens is 1. The third-order valence-electron chi connectivity index (χ3n) is 1.94. The van der Waals surface area contributed by atoms with Crippen LogP contribution in [0.15, 0.2) is 31.0 Å². The van der Waals surface area contributed by atoms with Gasteiger partial charge in [0, 0.05) is 6.07 Å². The predicted octanol–water partition coefficient (Wildman–Crippen LogP) is 2.80. The van der Waals surface area contributed by atoms with Crippen LogP contribution in [0.5, 0.6) is 0 Å². The van der Waals surface area contributed by atoms with Crippen LogP contribution in [0.1, 0.15) is 12.6 Å². The molecule has 0 fully saturated rings. The second-order valence-electron chi connectivity index (χ2n) is 3.17. The lowest BCUT2D eigenvalue weighted by molar-refractivity contribution is 0.629. The molecule has 0 aliphatic heterocycles. The van der Waals surface area contributed by atoms with Gasteiger partial charge in [-0.15, -0.1) is 0 Å². The van der Waals surface area contributed by atoms with Gasteiger partial charge in [-0.2, -0.15) is 0 Å². The van der Waals surface area contributed by atoms with Crippen molar-refractivity contribution < 1.29 is 4.39 Å². The molecule has 14 heavy (non-hydrogen) atoms. The number of benzene rings is 1. The Balaban J connectivity index is 2.69. The fourth-order valence-corrected chi connectivity index (χ4v) is 1.19. The largest absolute Gasteiger partial charge is 0.252 e. The van der Waals surface area contributed by atoms with Gasteiger partial charge in [0.05, 0.1) is 22.9 Å². The van der Waals surface area contributed by atoms with E-state index in [4.69, 9.17) is 0 Å². The highest BCUT2D eigenvalue weighted by atomic mass is 19.1. The summed E-state index contributed by atoms with van der Waals surface area (Å²) in [4.78, 5) is 8.39. The molecule has 0 radical (unpaired) electrons. The summed E-state index contributed by atoms with van der Waals surface area (Å²) >= 11 is 0. The lowest BCUT2D eigenvalue weighted by Crippen LogP contribution is -1.90. The SMILES string of the molecule is C=C(C)c1cnc2ccc(F)cc2n1. The van der Waals surface area contributed by atoms with Crippen molar-refractivity contribution in [2.45, 2.75) is 6.92 Å². The van der Waals surface area contributed by atoms with Gasteiger partial charge < -0.3 is 0 Å². The number of allylic oxidation sites excluding steroid dienone is 1. The summed E-state index contributed by atoms with van der Waals surface area (Å²) in [6.07, 6.45) is 1.64. The lowest BCUT2D eigenvalue weighted by Gasteiger charge is -2.00. The number of nitrogens with zero attached hydrogens (tertiary/aromatic N) is 2. The Bertz CT molecular complexity index is 506. The molecular formula is C11H9FN2. The number of hydrogen-bond donors (Lipinski definition) is 0. The Kier molecular flexibility index (Phi) is 2.00. The van der Waals surface area contributed by atoms with Gasteiger partial charge in [-0.25, -0.2) is 9.37 Å². The van der Waals surface area contributed by atoms with Crippen LogP contribution in [0.25, 0.3) is 16.6 Å². The van der Waals surface area contributed by atoms with Crippen molar-refractivity contribution in [1.82, 2.24) is 9.97 Å². The molecule has 1 aromatic heterocycles. The predicted molar refractivity (Wildman–Crippen MR) is 54.2 cm³/mol. The van der Waals surface area contributed by atoms with Crippen molar-refractivity contribution in [2.24, 2.45) is 0 Å². The highest BCUT2D eigenvalue weighted by Gasteiger charge is 2.01. The van der Waals surface area contributed by atoms with E-state index in [2.05, 4.69) is 16.5 Å². The molecule has 2 rings (SSSR count). The minimum Gasteiger partial charge on any atom is -0.252 e. The summed E-state index contributed by atoms with van der Waals surface area (Å²) < 4.78 is 12.9. The van der Waals surface area contributed by atoms with Crippen molar-refractivity contribution in [3.05, 3.63) is 42.5 Å². The zero-order valence-electron chi connectivity index (χ0n) is 7.79. The monoisotopic (exact) mass is 188 g/mol. The summed E-state index contributed by atoms with van der Waals surface area (Å²) in [5.74, 6) is -0.300. The molecule has 0 aliphatic carbocycles. The molecule has 2 nitrogen and oxygen atoms in total. The van der Waals surface area contributed by atoms with Gasteiger partial charge in [0.15, 0.2) is 0 Å². The lowest BCUT2D eigenvalue weighted by atomic mass is 10.2. The van der Waals surface area contributed by atoms with Gasteiger partial charge in [0.25, 0.3) is 0 Å². The van der Waals surface area contributed by atoms with Crippen LogP contribution < -0.4 is 0 Å². The fraction of sp³-hybridized carbons (Fsp3) is 0.0909. The number of aromatic nitrogens is 2. The summed E-state index contributed by atoms with van der Waals surface area (Å²) in [6, 6.07) is 4.35. The maximum Gasteiger partial charge on any atom is 0.125 e. The minimum atomic E-state index is -0.300. The third-order valence-corrected chi connectivity index (χ3v) is 1.94. The Morgan fingerprint density at radius 3 is 2.86 bits per heavy atom. The molecule has 0 aliphatic rings. The minimum absolute atomic E-state index is 0.300. The first-order valence-corrected chi connectivity index (χ1v) is 4.25. The fourth-order valence-electron chi connectivity index (χ4n) is 1.19. The van der Waals surface area contributed by atoms with Crippen molar-refractivity contribution >= 4 is 16.6 Å². The van der Waals surface area contributed by atoms with Crippen LogP contribution in [-0.2, 0) is 0 Å². The van der Waals surface area contributed by atoms with E-state index in [1.165, 1.54) is 12.1 Å². The van der Waals surface area contributed by atoms with E-state index in [-0.39, 0.29) is 5.82 Å². The van der Waals surface area contributed by atoms with Gasteiger partial charge in [0.2, 0.25) is 0 Å². The summed E-state index contributed by atoms with van der Waals surface area (Å²) in [5, 5.41) is 0. The van der Waals surface area contributed by atoms with E-state index in [0.717, 1.165) is 5.57 Å². The molecule has 2 aromatic rings. The standard InChI is InChI=1S/C11H9FN2/c1-7(2)11-6-13-9-4-3-8(12)5-10(9)14-11/h3-6H,1H2,2H3. The number of rotatable bonds is 1. The molecule has 0 N–H and O–H groups in total. The van der Waals surface area contributed by atoms with Crippen LogP contribution in [0, 0.1) is 5.82 Å². The van der Waals surface area contributed by atoms with Crippen LogP contribution in [-0.4, -0.2) is 9.97 Å². The molecule has 70 valence electrons. The first kappa shape index (κ1) is 8.81. The molecule has 0 unspecified atom stereocenters. The topological polar surface area (TPSA) is 25.8 Å². The molecule has 0 saturated heterocycles. The maximum atomic E-state index is 12.9. The Morgan fingerprint density at radius 2 is 2.14 bits per heavy atom. The highest BCUT2D eigenvalue weighted by Crippen LogP contribution is 2.14. The average Bonchev–Trinajstić information content (AvgIpc) is 2.16. The third kappa shape index (κ3) is 1.48. The van der Waals surface area contributed by atoms with Crippen molar-refractivity contribution in [1.29, 1.82) is 0 Å². The summed E-state index contributed by atoms with van der Waals surface area (Å²) in [7, 11) is 0. The molecule has 0 bridgehead atoms. The highest BCUT2D eigenvalue weighted by molar-refractivity contribution is 5.76. The normalized spacial score (nSPS) is 10.4. The van der Waals surface area contributed by atoms with Crippen LogP contribution in [0.3, 0.4) is 0 Å². The Hall–Kier alpha value is -1.77. The second kappa shape index (κ2) is 3.18. The van der Waals surface area contributed by atoms with Gasteiger partial charge in [-0.3, -0.25) is 4.98 Å². The van der Waals surface area contributed by atoms with E-state index in [9.17, 15) is 4.39 Å². The number of hydrogen-bond acceptors (Lipinski definition) is 2. The quantitative estimate of drug-likeness (QED) is 0.687. The van der Waals surface area contributed by atoms with Crippen molar-refractivity contribution in [3.63, 3.8) is 0 Å². The molecule has 0 amide bonds.